The average Bonchev–Trinajstić information content (AvgIpc) is 2.55. The molecule has 0 radical (unpaired) electrons. The highest BCUT2D eigenvalue weighted by atomic mass is 16.5. The maximum atomic E-state index is 6.18. The van der Waals surface area contributed by atoms with Crippen LogP contribution in [-0.2, 0) is 15.9 Å². The Balaban J connectivity index is 1.55. The van der Waals surface area contributed by atoms with Gasteiger partial charge in [-0.3, -0.25) is 0 Å². The molecule has 0 amide bonds. The highest BCUT2D eigenvalue weighted by molar-refractivity contribution is 5.54. The number of benzene rings is 1. The molecule has 3 aliphatic heterocycles. The molecule has 21 heavy (non-hydrogen) atoms. The van der Waals surface area contributed by atoms with E-state index >= 15 is 0 Å². The predicted molar refractivity (Wildman–Crippen MR) is 84.0 cm³/mol. The molecule has 3 heteroatoms. The first-order valence-corrected chi connectivity index (χ1v) is 8.43. The van der Waals surface area contributed by atoms with E-state index in [2.05, 4.69) is 23.5 Å². The second-order valence-corrected chi connectivity index (χ2v) is 6.78. The van der Waals surface area contributed by atoms with E-state index in [-0.39, 0.29) is 5.60 Å². The van der Waals surface area contributed by atoms with Crippen LogP contribution < -0.4 is 5.32 Å². The minimum Gasteiger partial charge on any atom is -0.385 e. The topological polar surface area (TPSA) is 30.5 Å². The van der Waals surface area contributed by atoms with Gasteiger partial charge < -0.3 is 14.8 Å². The molecule has 1 N–H and O–H groups in total. The highest BCUT2D eigenvalue weighted by Gasteiger charge is 2.39. The van der Waals surface area contributed by atoms with E-state index in [0.29, 0.717) is 5.92 Å². The van der Waals surface area contributed by atoms with Crippen molar-refractivity contribution in [2.24, 2.45) is 0 Å². The summed E-state index contributed by atoms with van der Waals surface area (Å²) in [6.45, 7) is 3.74. The summed E-state index contributed by atoms with van der Waals surface area (Å²) in [5.74, 6) is 0.657. The van der Waals surface area contributed by atoms with Gasteiger partial charge in [-0.25, -0.2) is 0 Å². The van der Waals surface area contributed by atoms with Crippen LogP contribution in [0.2, 0.25) is 0 Å². The molecule has 0 aliphatic carbocycles. The van der Waals surface area contributed by atoms with Crippen LogP contribution in [-0.4, -0.2) is 32.0 Å². The Morgan fingerprint density at radius 2 is 2.05 bits per heavy atom. The SMILES string of the molecule is c1cc2c(cc1C1CCOC3(CCOCC3)C1)CCCN2. The van der Waals surface area contributed by atoms with Crippen molar-refractivity contribution in [3.63, 3.8) is 0 Å². The maximum absolute atomic E-state index is 6.18. The van der Waals surface area contributed by atoms with Gasteiger partial charge in [0.2, 0.25) is 0 Å². The highest BCUT2D eigenvalue weighted by Crippen LogP contribution is 2.42. The smallest absolute Gasteiger partial charge is 0.0732 e. The van der Waals surface area contributed by atoms with Crippen LogP contribution in [0.1, 0.15) is 49.1 Å². The van der Waals surface area contributed by atoms with Gasteiger partial charge in [0.25, 0.3) is 0 Å². The Morgan fingerprint density at radius 3 is 2.95 bits per heavy atom. The third-order valence-electron chi connectivity index (χ3n) is 5.44. The largest absolute Gasteiger partial charge is 0.385 e. The normalized spacial score (nSPS) is 27.9. The van der Waals surface area contributed by atoms with Gasteiger partial charge in [0, 0.05) is 32.1 Å². The van der Waals surface area contributed by atoms with Crippen molar-refractivity contribution < 1.29 is 9.47 Å². The van der Waals surface area contributed by atoms with E-state index < -0.39 is 0 Å². The molecule has 114 valence electrons. The number of fused-ring (bicyclic) bond motifs is 1. The fourth-order valence-corrected chi connectivity index (χ4v) is 4.15. The van der Waals surface area contributed by atoms with Crippen LogP contribution in [0, 0.1) is 0 Å². The molecule has 0 saturated carbocycles. The number of aryl methyl sites for hydroxylation is 1. The minimum absolute atomic E-state index is 0.0926. The summed E-state index contributed by atoms with van der Waals surface area (Å²) in [6, 6.07) is 7.07. The number of hydrogen-bond donors (Lipinski definition) is 1. The maximum Gasteiger partial charge on any atom is 0.0732 e. The summed E-state index contributed by atoms with van der Waals surface area (Å²) in [5, 5.41) is 3.51. The summed E-state index contributed by atoms with van der Waals surface area (Å²) >= 11 is 0. The molecule has 3 aliphatic rings. The van der Waals surface area contributed by atoms with Gasteiger partial charge in [-0.05, 0) is 61.6 Å². The molecule has 1 spiro atoms. The van der Waals surface area contributed by atoms with Crippen molar-refractivity contribution in [2.75, 3.05) is 31.7 Å². The van der Waals surface area contributed by atoms with Crippen molar-refractivity contribution in [1.82, 2.24) is 0 Å². The quantitative estimate of drug-likeness (QED) is 0.857. The summed E-state index contributed by atoms with van der Waals surface area (Å²) in [5.41, 5.74) is 4.46. The van der Waals surface area contributed by atoms with Gasteiger partial charge in [-0.1, -0.05) is 12.1 Å². The molecular formula is C18H25NO2. The van der Waals surface area contributed by atoms with Crippen molar-refractivity contribution in [3.8, 4) is 0 Å². The molecule has 1 aromatic carbocycles. The lowest BCUT2D eigenvalue weighted by atomic mass is 9.77. The third-order valence-corrected chi connectivity index (χ3v) is 5.44. The number of rotatable bonds is 1. The summed E-state index contributed by atoms with van der Waals surface area (Å²) in [4.78, 5) is 0. The van der Waals surface area contributed by atoms with Crippen molar-refractivity contribution in [3.05, 3.63) is 29.3 Å². The third kappa shape index (κ3) is 2.69. The van der Waals surface area contributed by atoms with E-state index in [4.69, 9.17) is 9.47 Å². The molecule has 0 aromatic heterocycles. The second-order valence-electron chi connectivity index (χ2n) is 6.78. The fourth-order valence-electron chi connectivity index (χ4n) is 4.15. The lowest BCUT2D eigenvalue weighted by molar-refractivity contribution is -0.138. The molecule has 1 aromatic rings. The van der Waals surface area contributed by atoms with E-state index in [9.17, 15) is 0 Å². The Bertz CT molecular complexity index is 502. The monoisotopic (exact) mass is 287 g/mol. The van der Waals surface area contributed by atoms with Gasteiger partial charge in [0.05, 0.1) is 5.60 Å². The standard InChI is InChI=1S/C18H25NO2/c1-2-15-12-14(3-4-17(15)19-8-1)16-5-9-21-18(13-16)6-10-20-11-7-18/h3-4,12,16,19H,1-2,5-11,13H2. The summed E-state index contributed by atoms with van der Waals surface area (Å²) < 4.78 is 11.7. The number of anilines is 1. The van der Waals surface area contributed by atoms with Crippen molar-refractivity contribution in [2.45, 2.75) is 50.0 Å². The zero-order valence-corrected chi connectivity index (χ0v) is 12.7. The van der Waals surface area contributed by atoms with Gasteiger partial charge in [-0.2, -0.15) is 0 Å². The first-order valence-electron chi connectivity index (χ1n) is 8.43. The molecule has 2 saturated heterocycles. The molecule has 1 unspecified atom stereocenters. The summed E-state index contributed by atoms with van der Waals surface area (Å²) in [6.07, 6.45) is 6.94. The molecule has 0 bridgehead atoms. The number of nitrogens with one attached hydrogen (secondary N) is 1. The van der Waals surface area contributed by atoms with Crippen LogP contribution in [0.4, 0.5) is 5.69 Å². The average molecular weight is 287 g/mol. The number of hydrogen-bond acceptors (Lipinski definition) is 3. The van der Waals surface area contributed by atoms with Crippen LogP contribution in [0.15, 0.2) is 18.2 Å². The Morgan fingerprint density at radius 1 is 1.14 bits per heavy atom. The Hall–Kier alpha value is -1.06. The zero-order chi connectivity index (χ0) is 14.1. The van der Waals surface area contributed by atoms with Gasteiger partial charge in [0.1, 0.15) is 0 Å². The van der Waals surface area contributed by atoms with E-state index in [0.717, 1.165) is 45.6 Å². The summed E-state index contributed by atoms with van der Waals surface area (Å²) in [7, 11) is 0. The van der Waals surface area contributed by atoms with Gasteiger partial charge in [0.15, 0.2) is 0 Å². The van der Waals surface area contributed by atoms with Crippen LogP contribution >= 0.6 is 0 Å². The van der Waals surface area contributed by atoms with Gasteiger partial charge in [-0.15, -0.1) is 0 Å². The lowest BCUT2D eigenvalue weighted by Gasteiger charge is -2.43. The number of ether oxygens (including phenoxy) is 2. The molecule has 2 fully saturated rings. The molecular weight excluding hydrogens is 262 g/mol. The molecule has 3 heterocycles. The van der Waals surface area contributed by atoms with Crippen LogP contribution in [0.3, 0.4) is 0 Å². The van der Waals surface area contributed by atoms with Crippen molar-refractivity contribution >= 4 is 5.69 Å². The molecule has 1 atom stereocenters. The Kier molecular flexibility index (Phi) is 3.64. The molecule has 3 nitrogen and oxygen atoms in total. The second kappa shape index (κ2) is 5.62. The minimum atomic E-state index is 0.0926. The van der Waals surface area contributed by atoms with Gasteiger partial charge >= 0.3 is 0 Å². The van der Waals surface area contributed by atoms with E-state index in [1.54, 1.807) is 0 Å². The first-order chi connectivity index (χ1) is 10.3. The first kappa shape index (κ1) is 13.6. The fraction of sp³-hybridized carbons (Fsp3) is 0.667. The van der Waals surface area contributed by atoms with E-state index in [1.807, 2.05) is 0 Å². The predicted octanol–water partition coefficient (Wildman–Crippen LogP) is 3.49. The van der Waals surface area contributed by atoms with E-state index in [1.165, 1.54) is 36.1 Å². The Labute approximate surface area is 127 Å². The lowest BCUT2D eigenvalue weighted by Crippen LogP contribution is -2.43. The van der Waals surface area contributed by atoms with Crippen molar-refractivity contribution in [1.29, 1.82) is 0 Å². The van der Waals surface area contributed by atoms with Crippen LogP contribution in [0.5, 0.6) is 0 Å². The van der Waals surface area contributed by atoms with Crippen LogP contribution in [0.25, 0.3) is 0 Å². The molecule has 4 rings (SSSR count). The zero-order valence-electron chi connectivity index (χ0n) is 12.7.